The third kappa shape index (κ3) is 5.65. The van der Waals surface area contributed by atoms with E-state index in [4.69, 9.17) is 0 Å². The molecule has 0 aromatic heterocycles. The summed E-state index contributed by atoms with van der Waals surface area (Å²) >= 11 is 0. The van der Waals surface area contributed by atoms with E-state index < -0.39 is 16.1 Å². The minimum atomic E-state index is -3.80. The summed E-state index contributed by atoms with van der Waals surface area (Å²) in [6.07, 6.45) is 1.62. The molecule has 3 aromatic carbocycles. The lowest BCUT2D eigenvalue weighted by molar-refractivity contribution is -0.123. The first-order valence-electron chi connectivity index (χ1n) is 9.70. The molecule has 3 aromatic rings. The molecule has 0 spiro atoms. The van der Waals surface area contributed by atoms with Gasteiger partial charge in [-0.05, 0) is 55.2 Å². The predicted octanol–water partition coefficient (Wildman–Crippen LogP) is 3.64. The lowest BCUT2D eigenvalue weighted by Gasteiger charge is -2.19. The largest absolute Gasteiger partial charge is 0.352 e. The number of sulfonamides is 1. The molecule has 0 aliphatic carbocycles. The number of nitrogens with one attached hydrogen (secondary N) is 2. The van der Waals surface area contributed by atoms with Crippen molar-refractivity contribution in [3.63, 3.8) is 0 Å². The maximum atomic E-state index is 12.7. The van der Waals surface area contributed by atoms with Gasteiger partial charge in [-0.2, -0.15) is 4.72 Å². The van der Waals surface area contributed by atoms with Crippen LogP contribution in [0.3, 0.4) is 0 Å². The lowest BCUT2D eigenvalue weighted by Crippen LogP contribution is -2.47. The Bertz CT molecular complexity index is 1080. The quantitative estimate of drug-likeness (QED) is 0.595. The highest BCUT2D eigenvalue weighted by molar-refractivity contribution is 7.89. The van der Waals surface area contributed by atoms with Gasteiger partial charge in [0.05, 0.1) is 10.9 Å². The van der Waals surface area contributed by atoms with Gasteiger partial charge in [-0.25, -0.2) is 8.42 Å². The van der Waals surface area contributed by atoms with E-state index in [9.17, 15) is 13.2 Å². The van der Waals surface area contributed by atoms with Crippen molar-refractivity contribution in [1.29, 1.82) is 0 Å². The second-order valence-corrected chi connectivity index (χ2v) is 9.00. The summed E-state index contributed by atoms with van der Waals surface area (Å²) in [5.74, 6) is -0.338. The van der Waals surface area contributed by atoms with Gasteiger partial charge < -0.3 is 5.32 Å². The average Bonchev–Trinajstić information content (AvgIpc) is 2.72. The van der Waals surface area contributed by atoms with E-state index in [0.717, 1.165) is 23.6 Å². The Morgan fingerprint density at radius 2 is 1.55 bits per heavy atom. The zero-order valence-electron chi connectivity index (χ0n) is 16.6. The fourth-order valence-electron chi connectivity index (χ4n) is 3.16. The molecule has 0 unspecified atom stereocenters. The van der Waals surface area contributed by atoms with Gasteiger partial charge in [0, 0.05) is 6.04 Å². The first kappa shape index (κ1) is 21.0. The third-order valence-corrected chi connectivity index (χ3v) is 6.39. The summed E-state index contributed by atoms with van der Waals surface area (Å²) in [7, 11) is -3.80. The minimum Gasteiger partial charge on any atom is -0.352 e. The Morgan fingerprint density at radius 3 is 2.28 bits per heavy atom. The van der Waals surface area contributed by atoms with Crippen molar-refractivity contribution >= 4 is 26.7 Å². The zero-order valence-corrected chi connectivity index (χ0v) is 17.4. The molecular formula is C23H26N2O3S. The van der Waals surface area contributed by atoms with Crippen LogP contribution in [-0.2, 0) is 21.2 Å². The van der Waals surface area contributed by atoms with E-state index in [1.807, 2.05) is 49.4 Å². The van der Waals surface area contributed by atoms with Crippen LogP contribution in [0.5, 0.6) is 0 Å². The number of carbonyl (C=O) groups is 1. The second kappa shape index (κ2) is 9.20. The molecule has 0 fully saturated rings. The molecule has 6 heteroatoms. The van der Waals surface area contributed by atoms with E-state index in [-0.39, 0.29) is 16.8 Å². The molecule has 1 amide bonds. The molecule has 0 aliphatic rings. The van der Waals surface area contributed by atoms with Gasteiger partial charge >= 0.3 is 0 Å². The Morgan fingerprint density at radius 1 is 0.897 bits per heavy atom. The van der Waals surface area contributed by atoms with Crippen LogP contribution in [0.1, 0.15) is 25.8 Å². The normalized spacial score (nSPS) is 13.7. The number of amides is 1. The smallest absolute Gasteiger partial charge is 0.241 e. The number of fused-ring (bicyclic) bond motifs is 1. The molecule has 2 N–H and O–H groups in total. The molecule has 0 saturated heterocycles. The SMILES string of the molecule is C[C@H](NS(=O)(=O)c1ccc2ccccc2c1)C(=O)N[C@@H](C)CCc1ccccc1. The van der Waals surface area contributed by atoms with Gasteiger partial charge in [-0.1, -0.05) is 60.7 Å². The van der Waals surface area contributed by atoms with Crippen LogP contribution in [0.2, 0.25) is 0 Å². The molecule has 0 saturated carbocycles. The maximum Gasteiger partial charge on any atom is 0.241 e. The molecule has 0 heterocycles. The molecule has 3 rings (SSSR count). The van der Waals surface area contributed by atoms with E-state index in [2.05, 4.69) is 22.2 Å². The van der Waals surface area contributed by atoms with E-state index in [1.54, 1.807) is 25.1 Å². The number of carbonyl (C=O) groups excluding carboxylic acids is 1. The van der Waals surface area contributed by atoms with Crippen LogP contribution >= 0.6 is 0 Å². The van der Waals surface area contributed by atoms with Crippen molar-refractivity contribution in [1.82, 2.24) is 10.0 Å². The predicted molar refractivity (Wildman–Crippen MR) is 116 cm³/mol. The standard InChI is InChI=1S/C23H26N2O3S/c1-17(12-13-19-8-4-3-5-9-19)24-23(26)18(2)25-29(27,28)22-15-14-20-10-6-7-11-21(20)16-22/h3-11,14-18,25H,12-13H2,1-2H3,(H,24,26)/t17-,18-/m0/s1. The Kier molecular flexibility index (Phi) is 6.67. The summed E-state index contributed by atoms with van der Waals surface area (Å²) in [4.78, 5) is 12.6. The number of hydrogen-bond donors (Lipinski definition) is 2. The molecule has 0 bridgehead atoms. The van der Waals surface area contributed by atoms with Crippen molar-refractivity contribution in [3.05, 3.63) is 78.4 Å². The maximum absolute atomic E-state index is 12.7. The molecule has 2 atom stereocenters. The number of aryl methyl sites for hydroxylation is 1. The van der Waals surface area contributed by atoms with Crippen molar-refractivity contribution < 1.29 is 13.2 Å². The monoisotopic (exact) mass is 410 g/mol. The van der Waals surface area contributed by atoms with Crippen LogP contribution in [0, 0.1) is 0 Å². The van der Waals surface area contributed by atoms with Gasteiger partial charge in [0.2, 0.25) is 15.9 Å². The highest BCUT2D eigenvalue weighted by atomic mass is 32.2. The summed E-state index contributed by atoms with van der Waals surface area (Å²) < 4.78 is 27.9. The molecule has 29 heavy (non-hydrogen) atoms. The second-order valence-electron chi connectivity index (χ2n) is 7.29. The van der Waals surface area contributed by atoms with Crippen molar-refractivity contribution in [2.24, 2.45) is 0 Å². The van der Waals surface area contributed by atoms with E-state index in [0.29, 0.717) is 0 Å². The topological polar surface area (TPSA) is 75.3 Å². The average molecular weight is 411 g/mol. The molecule has 152 valence electrons. The van der Waals surface area contributed by atoms with Crippen LogP contribution < -0.4 is 10.0 Å². The van der Waals surface area contributed by atoms with Crippen molar-refractivity contribution in [2.75, 3.05) is 0 Å². The van der Waals surface area contributed by atoms with Gasteiger partial charge in [0.1, 0.15) is 0 Å². The molecule has 5 nitrogen and oxygen atoms in total. The molecular weight excluding hydrogens is 384 g/mol. The highest BCUT2D eigenvalue weighted by Gasteiger charge is 2.23. The van der Waals surface area contributed by atoms with E-state index >= 15 is 0 Å². The van der Waals surface area contributed by atoms with Crippen molar-refractivity contribution in [3.8, 4) is 0 Å². The fraction of sp³-hybridized carbons (Fsp3) is 0.261. The third-order valence-electron chi connectivity index (χ3n) is 4.85. The van der Waals surface area contributed by atoms with Crippen LogP contribution in [-0.4, -0.2) is 26.4 Å². The van der Waals surface area contributed by atoms with Gasteiger partial charge in [-0.3, -0.25) is 4.79 Å². The first-order chi connectivity index (χ1) is 13.8. The van der Waals surface area contributed by atoms with Crippen LogP contribution in [0.4, 0.5) is 0 Å². The molecule has 0 radical (unpaired) electrons. The Balaban J connectivity index is 1.58. The fourth-order valence-corrected chi connectivity index (χ4v) is 4.39. The summed E-state index contributed by atoms with van der Waals surface area (Å²) in [6.45, 7) is 3.48. The minimum absolute atomic E-state index is 0.0599. The number of benzene rings is 3. The van der Waals surface area contributed by atoms with Gasteiger partial charge in [0.15, 0.2) is 0 Å². The van der Waals surface area contributed by atoms with Crippen LogP contribution in [0.25, 0.3) is 10.8 Å². The van der Waals surface area contributed by atoms with Crippen LogP contribution in [0.15, 0.2) is 77.7 Å². The molecule has 0 aliphatic heterocycles. The first-order valence-corrected chi connectivity index (χ1v) is 11.2. The Hall–Kier alpha value is -2.70. The number of rotatable bonds is 8. The van der Waals surface area contributed by atoms with Crippen molar-refractivity contribution in [2.45, 2.75) is 43.7 Å². The zero-order chi connectivity index (χ0) is 20.9. The Labute approximate surface area is 172 Å². The van der Waals surface area contributed by atoms with Gasteiger partial charge in [-0.15, -0.1) is 0 Å². The van der Waals surface area contributed by atoms with Gasteiger partial charge in [0.25, 0.3) is 0 Å². The number of hydrogen-bond acceptors (Lipinski definition) is 3. The highest BCUT2D eigenvalue weighted by Crippen LogP contribution is 2.19. The summed E-state index contributed by atoms with van der Waals surface area (Å²) in [5, 5.41) is 4.69. The summed E-state index contributed by atoms with van der Waals surface area (Å²) in [6, 6.07) is 21.6. The van der Waals surface area contributed by atoms with E-state index in [1.165, 1.54) is 5.56 Å². The summed E-state index contributed by atoms with van der Waals surface area (Å²) in [5.41, 5.74) is 1.21. The lowest BCUT2D eigenvalue weighted by atomic mass is 10.1.